The number of ether oxygens (including phenoxy) is 1. The molecule has 130 valence electrons. The summed E-state index contributed by atoms with van der Waals surface area (Å²) in [7, 11) is 0. The van der Waals surface area contributed by atoms with Crippen molar-refractivity contribution in [3.63, 3.8) is 0 Å². The van der Waals surface area contributed by atoms with Gasteiger partial charge in [0.1, 0.15) is 12.1 Å². The van der Waals surface area contributed by atoms with Crippen molar-refractivity contribution < 1.29 is 19.1 Å². The lowest BCUT2D eigenvalue weighted by molar-refractivity contribution is -0.154. The lowest BCUT2D eigenvalue weighted by Crippen LogP contribution is -2.58. The highest BCUT2D eigenvalue weighted by Crippen LogP contribution is 2.23. The molecule has 0 saturated carbocycles. The largest absolute Gasteiger partial charge is 0.464 e. The fourth-order valence-corrected chi connectivity index (χ4v) is 2.66. The zero-order valence-corrected chi connectivity index (χ0v) is 14.6. The maximum atomic E-state index is 12.4. The Labute approximate surface area is 142 Å². The molecule has 1 N–H and O–H groups in total. The number of fused-ring (bicyclic) bond motifs is 1. The Bertz CT molecular complexity index is 656. The Morgan fingerprint density at radius 3 is 2.58 bits per heavy atom. The van der Waals surface area contributed by atoms with E-state index in [1.54, 1.807) is 26.0 Å². The molecule has 0 aliphatic carbocycles. The van der Waals surface area contributed by atoms with Crippen molar-refractivity contribution in [3.05, 3.63) is 35.4 Å². The maximum Gasteiger partial charge on any atom is 0.331 e. The van der Waals surface area contributed by atoms with Crippen LogP contribution in [0.1, 0.15) is 43.6 Å². The van der Waals surface area contributed by atoms with Crippen LogP contribution in [-0.2, 0) is 20.9 Å². The van der Waals surface area contributed by atoms with E-state index < -0.39 is 11.5 Å². The minimum atomic E-state index is -1.12. The summed E-state index contributed by atoms with van der Waals surface area (Å²) in [6.07, 6.45) is 0. The number of nitrogens with zero attached hydrogens (tertiary/aromatic N) is 1. The highest BCUT2D eigenvalue weighted by molar-refractivity contribution is 6.00. The van der Waals surface area contributed by atoms with E-state index in [9.17, 15) is 14.4 Å². The van der Waals surface area contributed by atoms with E-state index in [4.69, 9.17) is 4.74 Å². The lowest BCUT2D eigenvalue weighted by atomic mass is 9.88. The van der Waals surface area contributed by atoms with E-state index in [-0.39, 0.29) is 30.9 Å². The summed E-state index contributed by atoms with van der Waals surface area (Å²) in [6.45, 7) is 7.61. The number of carbonyl (C=O) groups excluding carboxylic acids is 3. The average Bonchev–Trinajstić information content (AvgIpc) is 2.83. The SMILES string of the molecule is CCOC(=O)C(C)(NC(=O)CN1Cc2ccccc2C1=O)C(C)C. The molecule has 1 heterocycles. The Kier molecular flexibility index (Phi) is 5.26. The number of amides is 2. The van der Waals surface area contributed by atoms with Gasteiger partial charge in [-0.3, -0.25) is 9.59 Å². The third-order valence-electron chi connectivity index (χ3n) is 4.48. The molecule has 2 rings (SSSR count). The van der Waals surface area contributed by atoms with Crippen LogP contribution in [0.5, 0.6) is 0 Å². The van der Waals surface area contributed by atoms with Gasteiger partial charge in [0, 0.05) is 12.1 Å². The van der Waals surface area contributed by atoms with Crippen LogP contribution in [0.3, 0.4) is 0 Å². The molecule has 24 heavy (non-hydrogen) atoms. The third kappa shape index (κ3) is 3.42. The molecule has 1 aliphatic heterocycles. The predicted octanol–water partition coefficient (Wildman–Crippen LogP) is 1.74. The number of carbonyl (C=O) groups is 3. The zero-order valence-electron chi connectivity index (χ0n) is 14.6. The zero-order chi connectivity index (χ0) is 17.9. The van der Waals surface area contributed by atoms with Gasteiger partial charge in [0.15, 0.2) is 0 Å². The summed E-state index contributed by atoms with van der Waals surface area (Å²) in [5.74, 6) is -1.15. The minimum absolute atomic E-state index is 0.0881. The molecule has 1 aromatic carbocycles. The first-order chi connectivity index (χ1) is 11.3. The van der Waals surface area contributed by atoms with Crippen LogP contribution < -0.4 is 5.32 Å². The van der Waals surface area contributed by atoms with Crippen LogP contribution >= 0.6 is 0 Å². The second kappa shape index (κ2) is 7.03. The Hall–Kier alpha value is -2.37. The van der Waals surface area contributed by atoms with Crippen molar-refractivity contribution >= 4 is 17.8 Å². The number of hydrogen-bond donors (Lipinski definition) is 1. The molecule has 1 atom stereocenters. The Morgan fingerprint density at radius 1 is 1.33 bits per heavy atom. The van der Waals surface area contributed by atoms with Crippen LogP contribution in [0.4, 0.5) is 0 Å². The van der Waals surface area contributed by atoms with Crippen molar-refractivity contribution in [3.8, 4) is 0 Å². The van der Waals surface area contributed by atoms with Crippen molar-refractivity contribution in [1.82, 2.24) is 10.2 Å². The molecule has 0 bridgehead atoms. The molecular weight excluding hydrogens is 308 g/mol. The highest BCUT2D eigenvalue weighted by atomic mass is 16.5. The second-order valence-corrected chi connectivity index (χ2v) is 6.44. The van der Waals surface area contributed by atoms with Gasteiger partial charge in [0.2, 0.25) is 5.91 Å². The van der Waals surface area contributed by atoms with Gasteiger partial charge in [-0.1, -0.05) is 32.0 Å². The molecule has 6 nitrogen and oxygen atoms in total. The van der Waals surface area contributed by atoms with Crippen molar-refractivity contribution in [2.45, 2.75) is 39.8 Å². The number of rotatable bonds is 6. The third-order valence-corrected chi connectivity index (χ3v) is 4.48. The van der Waals surface area contributed by atoms with Gasteiger partial charge in [-0.15, -0.1) is 0 Å². The topological polar surface area (TPSA) is 75.7 Å². The van der Waals surface area contributed by atoms with E-state index in [1.807, 2.05) is 26.0 Å². The van der Waals surface area contributed by atoms with Crippen LogP contribution in [-0.4, -0.2) is 41.4 Å². The number of esters is 1. The van der Waals surface area contributed by atoms with E-state index in [1.165, 1.54) is 4.90 Å². The molecule has 0 spiro atoms. The highest BCUT2D eigenvalue weighted by Gasteiger charge is 2.40. The van der Waals surface area contributed by atoms with Crippen LogP contribution in [0.2, 0.25) is 0 Å². The summed E-state index contributed by atoms with van der Waals surface area (Å²) in [6, 6.07) is 7.30. The van der Waals surface area contributed by atoms with Gasteiger partial charge in [-0.2, -0.15) is 0 Å². The summed E-state index contributed by atoms with van der Waals surface area (Å²) in [5, 5.41) is 2.74. The second-order valence-electron chi connectivity index (χ2n) is 6.44. The van der Waals surface area contributed by atoms with Crippen LogP contribution in [0, 0.1) is 5.92 Å². The van der Waals surface area contributed by atoms with Crippen molar-refractivity contribution in [1.29, 1.82) is 0 Å². The van der Waals surface area contributed by atoms with Crippen LogP contribution in [0.15, 0.2) is 24.3 Å². The van der Waals surface area contributed by atoms with E-state index >= 15 is 0 Å². The fraction of sp³-hybridized carbons (Fsp3) is 0.500. The van der Waals surface area contributed by atoms with Gasteiger partial charge in [0.05, 0.1) is 6.61 Å². The molecule has 0 aromatic heterocycles. The predicted molar refractivity (Wildman–Crippen MR) is 89.2 cm³/mol. The number of nitrogens with one attached hydrogen (secondary N) is 1. The van der Waals surface area contributed by atoms with Gasteiger partial charge < -0.3 is 15.0 Å². The lowest BCUT2D eigenvalue weighted by Gasteiger charge is -2.32. The summed E-state index contributed by atoms with van der Waals surface area (Å²) in [4.78, 5) is 38.4. The van der Waals surface area contributed by atoms with Gasteiger partial charge in [-0.05, 0) is 31.4 Å². The molecule has 0 fully saturated rings. The molecule has 1 aliphatic rings. The molecule has 1 unspecified atom stereocenters. The van der Waals surface area contributed by atoms with Gasteiger partial charge in [-0.25, -0.2) is 4.79 Å². The molecule has 0 radical (unpaired) electrons. The number of hydrogen-bond acceptors (Lipinski definition) is 4. The normalized spacial score (nSPS) is 15.9. The standard InChI is InChI=1S/C18H24N2O4/c1-5-24-17(23)18(4,12(2)3)19-15(21)11-20-10-13-8-6-7-9-14(13)16(20)22/h6-9,12H,5,10-11H2,1-4H3,(H,19,21). The maximum absolute atomic E-state index is 12.4. The minimum Gasteiger partial charge on any atom is -0.464 e. The molecule has 0 saturated heterocycles. The Morgan fingerprint density at radius 2 is 2.00 bits per heavy atom. The van der Waals surface area contributed by atoms with Gasteiger partial charge in [0.25, 0.3) is 5.91 Å². The average molecular weight is 332 g/mol. The quantitative estimate of drug-likeness (QED) is 0.805. The van der Waals surface area contributed by atoms with Crippen molar-refractivity contribution in [2.24, 2.45) is 5.92 Å². The number of benzene rings is 1. The first kappa shape index (κ1) is 18.0. The summed E-state index contributed by atoms with van der Waals surface area (Å²) >= 11 is 0. The Balaban J connectivity index is 2.05. The molecule has 1 aromatic rings. The fourth-order valence-electron chi connectivity index (χ4n) is 2.66. The monoisotopic (exact) mass is 332 g/mol. The van der Waals surface area contributed by atoms with Crippen molar-refractivity contribution in [2.75, 3.05) is 13.2 Å². The van der Waals surface area contributed by atoms with E-state index in [0.717, 1.165) is 5.56 Å². The molecule has 2 amide bonds. The van der Waals surface area contributed by atoms with E-state index in [2.05, 4.69) is 5.32 Å². The first-order valence-electron chi connectivity index (χ1n) is 8.15. The van der Waals surface area contributed by atoms with E-state index in [0.29, 0.717) is 12.1 Å². The van der Waals surface area contributed by atoms with Gasteiger partial charge >= 0.3 is 5.97 Å². The smallest absolute Gasteiger partial charge is 0.331 e. The molecule has 6 heteroatoms. The summed E-state index contributed by atoms with van der Waals surface area (Å²) in [5.41, 5.74) is 0.414. The summed E-state index contributed by atoms with van der Waals surface area (Å²) < 4.78 is 5.08. The van der Waals surface area contributed by atoms with Crippen LogP contribution in [0.25, 0.3) is 0 Å². The first-order valence-corrected chi connectivity index (χ1v) is 8.15. The molecular formula is C18H24N2O4.